The molecule has 2 aromatic rings. The number of carbonyl (C=O) groups is 1. The van der Waals surface area contributed by atoms with Crippen LogP contribution in [-0.4, -0.2) is 21.0 Å². The molecule has 0 aliphatic rings. The number of nitrogens with zero attached hydrogens (tertiary/aromatic N) is 1. The molecule has 4 nitrogen and oxygen atoms in total. The Hall–Kier alpha value is -1.62. The third-order valence-corrected chi connectivity index (χ3v) is 2.46. The fraction of sp³-hybridized carbons (Fsp3) is 0. The molecule has 0 saturated carbocycles. The van der Waals surface area contributed by atoms with Gasteiger partial charge < -0.3 is 10.1 Å². The van der Waals surface area contributed by atoms with Gasteiger partial charge in [-0.25, -0.2) is 9.78 Å². The Bertz CT molecular complexity index is 419. The van der Waals surface area contributed by atoms with Crippen LogP contribution in [0.3, 0.4) is 0 Å². The zero-order chi connectivity index (χ0) is 9.26. The van der Waals surface area contributed by atoms with E-state index in [0.717, 1.165) is 10.6 Å². The van der Waals surface area contributed by atoms with Crippen LogP contribution < -0.4 is 0 Å². The highest BCUT2D eigenvalue weighted by Gasteiger charge is 2.09. The summed E-state index contributed by atoms with van der Waals surface area (Å²) >= 11 is 1.32. The van der Waals surface area contributed by atoms with Crippen molar-refractivity contribution in [3.8, 4) is 10.6 Å². The molecule has 0 aliphatic carbocycles. The van der Waals surface area contributed by atoms with Crippen molar-refractivity contribution in [1.29, 1.82) is 0 Å². The lowest BCUT2D eigenvalue weighted by Gasteiger charge is -1.86. The van der Waals surface area contributed by atoms with E-state index in [4.69, 9.17) is 5.11 Å². The Morgan fingerprint density at radius 1 is 1.62 bits per heavy atom. The first-order valence-electron chi connectivity index (χ1n) is 3.59. The molecule has 2 aromatic heterocycles. The van der Waals surface area contributed by atoms with Crippen molar-refractivity contribution in [1.82, 2.24) is 9.97 Å². The summed E-state index contributed by atoms with van der Waals surface area (Å²) < 4.78 is 0. The van der Waals surface area contributed by atoms with Crippen molar-refractivity contribution in [3.05, 3.63) is 29.5 Å². The van der Waals surface area contributed by atoms with Crippen LogP contribution in [-0.2, 0) is 0 Å². The molecule has 0 spiro atoms. The first-order chi connectivity index (χ1) is 6.27. The van der Waals surface area contributed by atoms with Gasteiger partial charge in [-0.1, -0.05) is 0 Å². The summed E-state index contributed by atoms with van der Waals surface area (Å²) in [5, 5.41) is 10.9. The second kappa shape index (κ2) is 3.02. The van der Waals surface area contributed by atoms with Crippen LogP contribution >= 0.6 is 11.3 Å². The van der Waals surface area contributed by atoms with Gasteiger partial charge in [-0.05, 0) is 6.07 Å². The fourth-order valence-electron chi connectivity index (χ4n) is 0.961. The SMILES string of the molecule is O=C(O)c1csc(-c2cc[nH]c2)n1. The quantitative estimate of drug-likeness (QED) is 0.766. The highest BCUT2D eigenvalue weighted by Crippen LogP contribution is 2.22. The maximum atomic E-state index is 10.5. The Morgan fingerprint density at radius 3 is 3.00 bits per heavy atom. The smallest absolute Gasteiger partial charge is 0.355 e. The molecule has 0 aliphatic heterocycles. The van der Waals surface area contributed by atoms with E-state index < -0.39 is 5.97 Å². The summed E-state index contributed by atoms with van der Waals surface area (Å²) in [5.74, 6) is -0.988. The summed E-state index contributed by atoms with van der Waals surface area (Å²) in [6, 6.07) is 1.85. The number of hydrogen-bond donors (Lipinski definition) is 2. The number of aromatic amines is 1. The number of thiazole rings is 1. The van der Waals surface area contributed by atoms with E-state index in [-0.39, 0.29) is 5.69 Å². The number of H-pyrrole nitrogens is 1. The van der Waals surface area contributed by atoms with Crippen LogP contribution in [0, 0.1) is 0 Å². The monoisotopic (exact) mass is 194 g/mol. The van der Waals surface area contributed by atoms with Crippen molar-refractivity contribution in [2.75, 3.05) is 0 Å². The molecule has 0 aromatic carbocycles. The number of rotatable bonds is 2. The van der Waals surface area contributed by atoms with Gasteiger partial charge in [-0.15, -0.1) is 11.3 Å². The second-order valence-corrected chi connectivity index (χ2v) is 3.30. The molecule has 0 atom stereocenters. The molecule has 66 valence electrons. The number of aromatic carboxylic acids is 1. The molecule has 0 amide bonds. The molecule has 2 rings (SSSR count). The highest BCUT2D eigenvalue weighted by molar-refractivity contribution is 7.13. The Morgan fingerprint density at radius 2 is 2.46 bits per heavy atom. The largest absolute Gasteiger partial charge is 0.476 e. The van der Waals surface area contributed by atoms with Crippen molar-refractivity contribution in [3.63, 3.8) is 0 Å². The van der Waals surface area contributed by atoms with E-state index in [2.05, 4.69) is 9.97 Å². The van der Waals surface area contributed by atoms with Crippen LogP contribution in [0.4, 0.5) is 0 Å². The van der Waals surface area contributed by atoms with E-state index in [9.17, 15) is 4.79 Å². The number of carboxylic acids is 1. The maximum Gasteiger partial charge on any atom is 0.355 e. The molecule has 2 N–H and O–H groups in total. The van der Waals surface area contributed by atoms with Crippen LogP contribution in [0.1, 0.15) is 10.5 Å². The van der Waals surface area contributed by atoms with Gasteiger partial charge in [-0.3, -0.25) is 0 Å². The van der Waals surface area contributed by atoms with E-state index >= 15 is 0 Å². The van der Waals surface area contributed by atoms with Gasteiger partial charge in [0.05, 0.1) is 0 Å². The first-order valence-corrected chi connectivity index (χ1v) is 4.47. The standard InChI is InChI=1S/C8H6N2O2S/c11-8(12)6-4-13-7(10-6)5-1-2-9-3-5/h1-4,9H,(H,11,12). The van der Waals surface area contributed by atoms with Crippen LogP contribution in [0.5, 0.6) is 0 Å². The Balaban J connectivity index is 2.39. The summed E-state index contributed by atoms with van der Waals surface area (Å²) in [6.45, 7) is 0. The molecular weight excluding hydrogens is 188 g/mol. The van der Waals surface area contributed by atoms with E-state index in [1.807, 2.05) is 6.07 Å². The minimum atomic E-state index is -0.988. The molecule has 0 radical (unpaired) electrons. The predicted molar refractivity (Wildman–Crippen MR) is 48.9 cm³/mol. The average Bonchev–Trinajstić information content (AvgIpc) is 2.75. The number of aromatic nitrogens is 2. The lowest BCUT2D eigenvalue weighted by molar-refractivity contribution is 0.0691. The fourth-order valence-corrected chi connectivity index (χ4v) is 1.75. The molecule has 0 saturated heterocycles. The van der Waals surface area contributed by atoms with E-state index in [1.165, 1.54) is 16.7 Å². The normalized spacial score (nSPS) is 10.2. The number of carboxylic acid groups (broad SMARTS) is 1. The summed E-state index contributed by atoms with van der Waals surface area (Å²) in [6.07, 6.45) is 3.56. The predicted octanol–water partition coefficient (Wildman–Crippen LogP) is 1.84. The molecule has 0 bridgehead atoms. The average molecular weight is 194 g/mol. The topological polar surface area (TPSA) is 66.0 Å². The third-order valence-electron chi connectivity index (χ3n) is 1.57. The molecule has 2 heterocycles. The molecule has 5 heteroatoms. The lowest BCUT2D eigenvalue weighted by atomic mass is 10.3. The van der Waals surface area contributed by atoms with Gasteiger partial charge in [-0.2, -0.15) is 0 Å². The summed E-state index contributed by atoms with van der Waals surface area (Å²) in [4.78, 5) is 17.4. The molecule has 13 heavy (non-hydrogen) atoms. The van der Waals surface area contributed by atoms with Gasteiger partial charge in [0.15, 0.2) is 5.69 Å². The number of nitrogens with one attached hydrogen (secondary N) is 1. The minimum absolute atomic E-state index is 0.0983. The van der Waals surface area contributed by atoms with Crippen LogP contribution in [0.2, 0.25) is 0 Å². The molecule has 0 fully saturated rings. The second-order valence-electron chi connectivity index (χ2n) is 2.44. The minimum Gasteiger partial charge on any atom is -0.476 e. The molecule has 0 unspecified atom stereocenters. The van der Waals surface area contributed by atoms with Crippen LogP contribution in [0.25, 0.3) is 10.6 Å². The first kappa shape index (κ1) is 8.00. The number of hydrogen-bond acceptors (Lipinski definition) is 3. The Kier molecular flexibility index (Phi) is 1.86. The molecular formula is C8H6N2O2S. The lowest BCUT2D eigenvalue weighted by Crippen LogP contribution is -1.95. The van der Waals surface area contributed by atoms with Crippen molar-refractivity contribution in [2.24, 2.45) is 0 Å². The van der Waals surface area contributed by atoms with Crippen molar-refractivity contribution in [2.45, 2.75) is 0 Å². The van der Waals surface area contributed by atoms with Crippen LogP contribution in [0.15, 0.2) is 23.8 Å². The zero-order valence-electron chi connectivity index (χ0n) is 6.52. The highest BCUT2D eigenvalue weighted by atomic mass is 32.1. The third kappa shape index (κ3) is 1.46. The zero-order valence-corrected chi connectivity index (χ0v) is 7.34. The van der Waals surface area contributed by atoms with Gasteiger partial charge >= 0.3 is 5.97 Å². The van der Waals surface area contributed by atoms with Gasteiger partial charge in [0, 0.05) is 23.3 Å². The van der Waals surface area contributed by atoms with Gasteiger partial charge in [0.2, 0.25) is 0 Å². The van der Waals surface area contributed by atoms with Gasteiger partial charge in [0.1, 0.15) is 5.01 Å². The summed E-state index contributed by atoms with van der Waals surface area (Å²) in [7, 11) is 0. The maximum absolute atomic E-state index is 10.5. The van der Waals surface area contributed by atoms with Crippen molar-refractivity contribution >= 4 is 17.3 Å². The van der Waals surface area contributed by atoms with E-state index in [0.29, 0.717) is 0 Å². The van der Waals surface area contributed by atoms with Gasteiger partial charge in [0.25, 0.3) is 0 Å². The van der Waals surface area contributed by atoms with E-state index in [1.54, 1.807) is 12.4 Å². The Labute approximate surface area is 77.9 Å². The summed E-state index contributed by atoms with van der Waals surface area (Å²) in [5.41, 5.74) is 1.01. The van der Waals surface area contributed by atoms with Crippen molar-refractivity contribution < 1.29 is 9.90 Å².